The minimum Gasteiger partial charge on any atom is -0.497 e. The van der Waals surface area contributed by atoms with Crippen LogP contribution in [0.3, 0.4) is 0 Å². The molecule has 0 aliphatic carbocycles. The number of aromatic nitrogens is 4. The Hall–Kier alpha value is -3.45. The first-order valence-electron chi connectivity index (χ1n) is 9.46. The van der Waals surface area contributed by atoms with Gasteiger partial charge in [-0.05, 0) is 43.9 Å². The summed E-state index contributed by atoms with van der Waals surface area (Å²) in [5.74, 6) is 1.62. The smallest absolute Gasteiger partial charge is 0.168 e. The van der Waals surface area contributed by atoms with Gasteiger partial charge in [0.05, 0.1) is 30.4 Å². The lowest BCUT2D eigenvalue weighted by Gasteiger charge is -2.25. The Kier molecular flexibility index (Phi) is 5.39. The summed E-state index contributed by atoms with van der Waals surface area (Å²) in [5, 5.41) is 8.89. The second-order valence-corrected chi connectivity index (χ2v) is 6.99. The third kappa shape index (κ3) is 3.90. The van der Waals surface area contributed by atoms with E-state index in [4.69, 9.17) is 4.74 Å². The molecule has 4 aromatic rings. The summed E-state index contributed by atoms with van der Waals surface area (Å²) in [4.78, 5) is 11.1. The van der Waals surface area contributed by atoms with Crippen LogP contribution in [0, 0.1) is 0 Å². The summed E-state index contributed by atoms with van der Waals surface area (Å²) in [6, 6.07) is 18.3. The maximum absolute atomic E-state index is 5.38. The lowest BCUT2D eigenvalue weighted by Crippen LogP contribution is -2.27. The summed E-state index contributed by atoms with van der Waals surface area (Å²) in [6.07, 6.45) is 3.38. The highest BCUT2D eigenvalue weighted by Gasteiger charge is 2.17. The Morgan fingerprint density at radius 3 is 2.66 bits per heavy atom. The largest absolute Gasteiger partial charge is 0.497 e. The van der Waals surface area contributed by atoms with E-state index in [1.54, 1.807) is 19.6 Å². The molecule has 2 aromatic carbocycles. The van der Waals surface area contributed by atoms with Crippen molar-refractivity contribution in [1.82, 2.24) is 24.6 Å². The predicted octanol–water partition coefficient (Wildman–Crippen LogP) is 3.54. The van der Waals surface area contributed by atoms with E-state index in [1.165, 1.54) is 5.56 Å². The molecular weight excluding hydrogens is 364 g/mol. The molecule has 7 heteroatoms. The molecule has 4 rings (SSSR count). The van der Waals surface area contributed by atoms with Crippen molar-refractivity contribution < 1.29 is 4.74 Å². The van der Waals surface area contributed by atoms with Crippen LogP contribution in [-0.4, -0.2) is 52.4 Å². The first-order valence-corrected chi connectivity index (χ1v) is 9.46. The van der Waals surface area contributed by atoms with Gasteiger partial charge in [0.25, 0.3) is 0 Å². The molecular formula is C22H24N6O. The summed E-state index contributed by atoms with van der Waals surface area (Å²) in [5.41, 5.74) is 2.92. The fourth-order valence-electron chi connectivity index (χ4n) is 3.38. The number of para-hydroxylation sites is 1. The van der Waals surface area contributed by atoms with Crippen LogP contribution in [0.1, 0.15) is 11.6 Å². The van der Waals surface area contributed by atoms with Gasteiger partial charge >= 0.3 is 0 Å². The number of nitrogens with one attached hydrogen (secondary N) is 1. The van der Waals surface area contributed by atoms with Crippen LogP contribution < -0.4 is 10.1 Å². The van der Waals surface area contributed by atoms with Crippen molar-refractivity contribution in [2.24, 2.45) is 0 Å². The maximum Gasteiger partial charge on any atom is 0.168 e. The highest BCUT2D eigenvalue weighted by atomic mass is 16.5. The quantitative estimate of drug-likeness (QED) is 0.522. The van der Waals surface area contributed by atoms with Gasteiger partial charge in [-0.3, -0.25) is 0 Å². The molecule has 0 spiro atoms. The summed E-state index contributed by atoms with van der Waals surface area (Å²) in [7, 11) is 5.81. The summed E-state index contributed by atoms with van der Waals surface area (Å²) < 4.78 is 7.21. The van der Waals surface area contributed by atoms with E-state index < -0.39 is 0 Å². The molecule has 2 heterocycles. The Labute approximate surface area is 170 Å². The number of rotatable bonds is 7. The number of hydrogen-bond donors (Lipinski definition) is 1. The lowest BCUT2D eigenvalue weighted by molar-refractivity contribution is 0.310. The Balaban J connectivity index is 1.61. The van der Waals surface area contributed by atoms with Gasteiger partial charge in [0.2, 0.25) is 0 Å². The molecule has 0 fully saturated rings. The number of benzene rings is 2. The van der Waals surface area contributed by atoms with Crippen molar-refractivity contribution in [2.75, 3.05) is 33.1 Å². The molecule has 1 N–H and O–H groups in total. The molecule has 0 unspecified atom stereocenters. The molecule has 7 nitrogen and oxygen atoms in total. The molecule has 1 atom stereocenters. The van der Waals surface area contributed by atoms with Crippen LogP contribution in [0.2, 0.25) is 0 Å². The minimum atomic E-state index is 0.152. The Bertz CT molecular complexity index is 1090. The van der Waals surface area contributed by atoms with Gasteiger partial charge in [0.15, 0.2) is 5.65 Å². The Morgan fingerprint density at radius 1 is 1.07 bits per heavy atom. The highest BCUT2D eigenvalue weighted by molar-refractivity contribution is 5.87. The van der Waals surface area contributed by atoms with E-state index in [9.17, 15) is 0 Å². The maximum atomic E-state index is 5.38. The van der Waals surface area contributed by atoms with Crippen LogP contribution in [0.4, 0.5) is 5.82 Å². The van der Waals surface area contributed by atoms with E-state index in [2.05, 4.69) is 51.5 Å². The fourth-order valence-corrected chi connectivity index (χ4v) is 3.38. The van der Waals surface area contributed by atoms with Crippen LogP contribution in [0.5, 0.6) is 5.75 Å². The molecule has 0 amide bonds. The van der Waals surface area contributed by atoms with Gasteiger partial charge in [0, 0.05) is 6.54 Å². The molecule has 0 aliphatic heterocycles. The van der Waals surface area contributed by atoms with Gasteiger partial charge in [0.1, 0.15) is 17.9 Å². The van der Waals surface area contributed by atoms with Crippen molar-refractivity contribution in [3.8, 4) is 11.4 Å². The monoisotopic (exact) mass is 388 g/mol. The highest BCUT2D eigenvalue weighted by Crippen LogP contribution is 2.25. The third-order valence-electron chi connectivity index (χ3n) is 4.93. The van der Waals surface area contributed by atoms with Crippen molar-refractivity contribution >= 4 is 16.9 Å². The number of hydrogen-bond acceptors (Lipinski definition) is 6. The normalized spacial score (nSPS) is 12.3. The zero-order valence-electron chi connectivity index (χ0n) is 16.8. The fraction of sp³-hybridized carbons (Fsp3) is 0.227. The van der Waals surface area contributed by atoms with E-state index in [-0.39, 0.29) is 6.04 Å². The minimum absolute atomic E-state index is 0.152. The number of likely N-dealkylation sites (N-methyl/N-ethyl adjacent to an activating group) is 1. The summed E-state index contributed by atoms with van der Waals surface area (Å²) in [6.45, 7) is 0.683. The number of ether oxygens (including phenoxy) is 1. The van der Waals surface area contributed by atoms with Crippen molar-refractivity contribution in [3.63, 3.8) is 0 Å². The number of anilines is 1. The van der Waals surface area contributed by atoms with Gasteiger partial charge < -0.3 is 15.0 Å². The zero-order chi connectivity index (χ0) is 20.2. The van der Waals surface area contributed by atoms with Gasteiger partial charge in [-0.2, -0.15) is 5.10 Å². The van der Waals surface area contributed by atoms with Crippen molar-refractivity contribution in [3.05, 3.63) is 72.7 Å². The third-order valence-corrected chi connectivity index (χ3v) is 4.93. The lowest BCUT2D eigenvalue weighted by atomic mass is 10.1. The van der Waals surface area contributed by atoms with Gasteiger partial charge in [-0.25, -0.2) is 14.6 Å². The van der Waals surface area contributed by atoms with E-state index in [0.717, 1.165) is 28.3 Å². The number of fused-ring (bicyclic) bond motifs is 1. The molecule has 148 valence electrons. The topological polar surface area (TPSA) is 68.1 Å². The van der Waals surface area contributed by atoms with Gasteiger partial charge in [-0.15, -0.1) is 0 Å². The molecule has 2 aromatic heterocycles. The molecule has 0 radical (unpaired) electrons. The van der Waals surface area contributed by atoms with Crippen LogP contribution >= 0.6 is 0 Å². The number of methoxy groups -OCH3 is 1. The van der Waals surface area contributed by atoms with Crippen molar-refractivity contribution in [1.29, 1.82) is 0 Å². The van der Waals surface area contributed by atoms with Crippen molar-refractivity contribution in [2.45, 2.75) is 6.04 Å². The first kappa shape index (κ1) is 18.9. The molecule has 0 saturated heterocycles. The average Bonchev–Trinajstić information content (AvgIpc) is 3.19. The second-order valence-electron chi connectivity index (χ2n) is 6.99. The first-order chi connectivity index (χ1) is 14.2. The zero-order valence-corrected chi connectivity index (χ0v) is 16.8. The predicted molar refractivity (Wildman–Crippen MR) is 115 cm³/mol. The molecule has 0 bridgehead atoms. The Morgan fingerprint density at radius 2 is 1.90 bits per heavy atom. The molecule has 0 aliphatic rings. The van der Waals surface area contributed by atoms with E-state index in [1.807, 2.05) is 47.1 Å². The standard InChI is InChI=1S/C22H24N6O/c1-27(2)20(16-8-7-11-18(12-16)29-3)14-23-21-19-13-26-28(22(19)25-15-24-21)17-9-5-4-6-10-17/h4-13,15,20H,14H2,1-3H3,(H,23,24,25)/t20-/m1/s1. The average molecular weight is 388 g/mol. The van der Waals surface area contributed by atoms with Crippen LogP contribution in [0.25, 0.3) is 16.7 Å². The van der Waals surface area contributed by atoms with Crippen LogP contribution in [0.15, 0.2) is 67.1 Å². The molecule has 0 saturated carbocycles. The van der Waals surface area contributed by atoms with E-state index in [0.29, 0.717) is 6.54 Å². The SMILES string of the molecule is COc1cccc([C@@H](CNc2ncnc3c2cnn3-c2ccccc2)N(C)C)c1. The molecule has 29 heavy (non-hydrogen) atoms. The van der Waals surface area contributed by atoms with Gasteiger partial charge in [-0.1, -0.05) is 30.3 Å². The van der Waals surface area contributed by atoms with Crippen LogP contribution in [-0.2, 0) is 0 Å². The number of nitrogens with zero attached hydrogens (tertiary/aromatic N) is 5. The second kappa shape index (κ2) is 8.28. The summed E-state index contributed by atoms with van der Waals surface area (Å²) >= 11 is 0. The van der Waals surface area contributed by atoms with E-state index >= 15 is 0 Å².